The molecule has 0 spiro atoms. The minimum atomic E-state index is -4.27. The monoisotopic (exact) mass is 317 g/mol. The average molecular weight is 317 g/mol. The van der Waals surface area contributed by atoms with Gasteiger partial charge >= 0.3 is 6.18 Å². The first kappa shape index (κ1) is 16.8. The molecule has 2 unspecified atom stereocenters. The maximum atomic E-state index is 13.0. The van der Waals surface area contributed by atoms with Gasteiger partial charge < -0.3 is 5.32 Å². The summed E-state index contributed by atoms with van der Waals surface area (Å²) in [5, 5.41) is 9.18. The lowest BCUT2D eigenvalue weighted by Crippen LogP contribution is -2.47. The molecule has 4 nitrogen and oxygen atoms in total. The Morgan fingerprint density at radius 2 is 2.09 bits per heavy atom. The fourth-order valence-corrected chi connectivity index (χ4v) is 2.96. The highest BCUT2D eigenvalue weighted by Gasteiger charge is 2.46. The Kier molecular flexibility index (Phi) is 5.13. The number of carbonyl (C=O) groups excluding carboxylic acids is 1. The molecule has 0 aliphatic heterocycles. The number of hydrogen-bond acceptors (Lipinski definition) is 2. The summed E-state index contributed by atoms with van der Waals surface area (Å²) in [6, 6.07) is 0.757. The molecule has 1 heterocycles. The smallest absolute Gasteiger partial charge is 0.347 e. The molecule has 0 saturated heterocycles. The fourth-order valence-electron chi connectivity index (χ4n) is 2.96. The van der Waals surface area contributed by atoms with E-state index in [1.54, 1.807) is 6.07 Å². The van der Waals surface area contributed by atoms with Crippen molar-refractivity contribution in [2.45, 2.75) is 58.2 Å². The lowest BCUT2D eigenvalue weighted by Gasteiger charge is -2.33. The first-order chi connectivity index (χ1) is 10.3. The minimum absolute atomic E-state index is 0.0770. The second-order valence-electron chi connectivity index (χ2n) is 6.39. The molecular formula is C15H22F3N3O. The number of hydrogen-bond donors (Lipinski definition) is 2. The zero-order valence-electron chi connectivity index (χ0n) is 12.8. The summed E-state index contributed by atoms with van der Waals surface area (Å²) in [5.41, 5.74) is 0.971. The van der Waals surface area contributed by atoms with Crippen LogP contribution in [0, 0.1) is 11.8 Å². The van der Waals surface area contributed by atoms with Crippen LogP contribution in [0.2, 0.25) is 0 Å². The molecule has 7 heteroatoms. The number of H-pyrrole nitrogens is 1. The molecule has 2 N–H and O–H groups in total. The summed E-state index contributed by atoms with van der Waals surface area (Å²) in [5.74, 6) is -1.59. The van der Waals surface area contributed by atoms with Crippen molar-refractivity contribution >= 4 is 5.91 Å². The van der Waals surface area contributed by atoms with Crippen molar-refractivity contribution in [3.8, 4) is 0 Å². The molecule has 1 fully saturated rings. The maximum absolute atomic E-state index is 13.0. The van der Waals surface area contributed by atoms with E-state index in [1.165, 1.54) is 0 Å². The Morgan fingerprint density at radius 3 is 2.73 bits per heavy atom. The first-order valence-electron chi connectivity index (χ1n) is 7.69. The van der Waals surface area contributed by atoms with Crippen molar-refractivity contribution in [1.82, 2.24) is 15.5 Å². The van der Waals surface area contributed by atoms with Gasteiger partial charge in [-0.3, -0.25) is 9.89 Å². The van der Waals surface area contributed by atoms with Crippen LogP contribution in [0.3, 0.4) is 0 Å². The van der Waals surface area contributed by atoms with Crippen LogP contribution in [0.5, 0.6) is 0 Å². The molecule has 124 valence electrons. The topological polar surface area (TPSA) is 57.8 Å². The molecule has 1 aromatic rings. The fraction of sp³-hybridized carbons (Fsp3) is 0.733. The number of aromatic amines is 1. The summed E-state index contributed by atoms with van der Waals surface area (Å²) in [6.45, 7) is 4.08. The van der Waals surface area contributed by atoms with Gasteiger partial charge in [0.05, 0.1) is 5.92 Å². The number of nitrogens with one attached hydrogen (secondary N) is 2. The number of aromatic nitrogens is 2. The van der Waals surface area contributed by atoms with E-state index < -0.39 is 24.0 Å². The van der Waals surface area contributed by atoms with Gasteiger partial charge in [-0.1, -0.05) is 26.7 Å². The largest absolute Gasteiger partial charge is 0.393 e. The van der Waals surface area contributed by atoms with Crippen molar-refractivity contribution in [3.05, 3.63) is 17.5 Å². The van der Waals surface area contributed by atoms with Crippen molar-refractivity contribution < 1.29 is 18.0 Å². The lowest BCUT2D eigenvalue weighted by molar-refractivity contribution is -0.187. The summed E-state index contributed by atoms with van der Waals surface area (Å²) in [6.07, 6.45) is -1.83. The molecule has 0 bridgehead atoms. The minimum Gasteiger partial charge on any atom is -0.347 e. The van der Waals surface area contributed by atoms with E-state index in [1.807, 2.05) is 13.8 Å². The van der Waals surface area contributed by atoms with Crippen LogP contribution in [0.4, 0.5) is 13.2 Å². The molecule has 1 saturated carbocycles. The van der Waals surface area contributed by atoms with Crippen molar-refractivity contribution in [2.24, 2.45) is 11.8 Å². The number of rotatable bonds is 4. The van der Waals surface area contributed by atoms with Crippen LogP contribution in [-0.2, 0) is 6.42 Å². The van der Waals surface area contributed by atoms with E-state index in [2.05, 4.69) is 15.5 Å². The van der Waals surface area contributed by atoms with E-state index in [9.17, 15) is 18.0 Å². The molecular weight excluding hydrogens is 295 g/mol. The highest BCUT2D eigenvalue weighted by Crippen LogP contribution is 2.37. The molecule has 2 rings (SSSR count). The quantitative estimate of drug-likeness (QED) is 0.893. The molecule has 0 radical (unpaired) electrons. The average Bonchev–Trinajstić information content (AvgIpc) is 2.86. The molecule has 1 aliphatic carbocycles. The Hall–Kier alpha value is -1.53. The van der Waals surface area contributed by atoms with Gasteiger partial charge in [-0.25, -0.2) is 0 Å². The third-order valence-corrected chi connectivity index (χ3v) is 3.99. The highest BCUT2D eigenvalue weighted by molar-refractivity contribution is 5.92. The zero-order valence-corrected chi connectivity index (χ0v) is 12.8. The van der Waals surface area contributed by atoms with Gasteiger partial charge in [0.2, 0.25) is 0 Å². The van der Waals surface area contributed by atoms with E-state index in [0.29, 0.717) is 25.2 Å². The van der Waals surface area contributed by atoms with Crippen molar-refractivity contribution in [1.29, 1.82) is 0 Å². The second-order valence-corrected chi connectivity index (χ2v) is 6.39. The van der Waals surface area contributed by atoms with Crippen molar-refractivity contribution in [3.63, 3.8) is 0 Å². The van der Waals surface area contributed by atoms with Gasteiger partial charge in [0.1, 0.15) is 5.69 Å². The Balaban J connectivity index is 2.02. The summed E-state index contributed by atoms with van der Waals surface area (Å²) in [4.78, 5) is 12.1. The van der Waals surface area contributed by atoms with E-state index in [4.69, 9.17) is 0 Å². The summed E-state index contributed by atoms with van der Waals surface area (Å²) >= 11 is 0. The molecule has 22 heavy (non-hydrogen) atoms. The Labute approximate surface area is 127 Å². The number of carbonyl (C=O) groups is 1. The second kappa shape index (κ2) is 6.71. The Morgan fingerprint density at radius 1 is 1.41 bits per heavy atom. The van der Waals surface area contributed by atoms with Crippen molar-refractivity contribution in [2.75, 3.05) is 0 Å². The van der Waals surface area contributed by atoms with Crippen LogP contribution in [-0.4, -0.2) is 28.3 Å². The maximum Gasteiger partial charge on any atom is 0.393 e. The van der Waals surface area contributed by atoms with Crippen LogP contribution in [0.25, 0.3) is 0 Å². The van der Waals surface area contributed by atoms with E-state index in [-0.39, 0.29) is 12.1 Å². The Bertz CT molecular complexity index is 510. The van der Waals surface area contributed by atoms with Gasteiger partial charge in [-0.05, 0) is 31.2 Å². The number of amides is 1. The number of nitrogens with zero attached hydrogens (tertiary/aromatic N) is 1. The molecule has 0 aromatic carbocycles. The summed E-state index contributed by atoms with van der Waals surface area (Å²) < 4.78 is 39.1. The highest BCUT2D eigenvalue weighted by atomic mass is 19.4. The standard InChI is InChI=1S/C15H22F3N3O/c1-9(2)7-10-8-13(21-20-10)14(22)19-12-6-4-3-5-11(12)15(16,17)18/h8-9,11-12H,3-7H2,1-2H3,(H,19,22)(H,20,21). The third kappa shape index (κ3) is 4.24. The van der Waals surface area contributed by atoms with Crippen LogP contribution >= 0.6 is 0 Å². The van der Waals surface area contributed by atoms with Crippen LogP contribution in [0.15, 0.2) is 6.07 Å². The molecule has 1 aliphatic rings. The first-order valence-corrected chi connectivity index (χ1v) is 7.69. The third-order valence-electron chi connectivity index (χ3n) is 3.99. The number of alkyl halides is 3. The zero-order chi connectivity index (χ0) is 16.3. The van der Waals surface area contributed by atoms with Crippen LogP contribution < -0.4 is 5.32 Å². The van der Waals surface area contributed by atoms with Crippen LogP contribution in [0.1, 0.15) is 55.7 Å². The van der Waals surface area contributed by atoms with E-state index >= 15 is 0 Å². The van der Waals surface area contributed by atoms with Gasteiger partial charge in [0.15, 0.2) is 0 Å². The SMILES string of the molecule is CC(C)Cc1cc(C(=O)NC2CCCCC2C(F)(F)F)n[nH]1. The normalized spacial score (nSPS) is 22.8. The molecule has 1 amide bonds. The predicted octanol–water partition coefficient (Wildman–Crippen LogP) is 3.46. The molecule has 2 atom stereocenters. The van der Waals surface area contributed by atoms with Gasteiger partial charge in [-0.15, -0.1) is 0 Å². The van der Waals surface area contributed by atoms with Gasteiger partial charge in [0.25, 0.3) is 5.91 Å². The van der Waals surface area contributed by atoms with Gasteiger partial charge in [0, 0.05) is 11.7 Å². The predicted molar refractivity (Wildman–Crippen MR) is 76.4 cm³/mol. The van der Waals surface area contributed by atoms with Gasteiger partial charge in [-0.2, -0.15) is 18.3 Å². The summed E-state index contributed by atoms with van der Waals surface area (Å²) in [7, 11) is 0. The molecule has 1 aromatic heterocycles. The van der Waals surface area contributed by atoms with E-state index in [0.717, 1.165) is 12.1 Å². The number of halogens is 3. The lowest BCUT2D eigenvalue weighted by atomic mass is 9.84.